The Morgan fingerprint density at radius 3 is 2.70 bits per heavy atom. The highest BCUT2D eigenvalue weighted by atomic mass is 32.1. The minimum atomic E-state index is -0.0306. The summed E-state index contributed by atoms with van der Waals surface area (Å²) in [6.45, 7) is 5.91. The maximum atomic E-state index is 12.1. The van der Waals surface area contributed by atoms with Gasteiger partial charge in [-0.15, -0.1) is 22.7 Å². The number of thiazole rings is 2. The van der Waals surface area contributed by atoms with E-state index in [0.717, 1.165) is 25.4 Å². The van der Waals surface area contributed by atoms with E-state index >= 15 is 0 Å². The Labute approximate surface area is 124 Å². The SMILES string of the molecule is Cc1ncc(C=Cc2cc(=O)n3c(C)c(C)sc3n2)s1. The quantitative estimate of drug-likeness (QED) is 0.729. The number of hydrogen-bond acceptors (Lipinski definition) is 5. The molecule has 0 saturated carbocycles. The predicted octanol–water partition coefficient (Wildman–Crippen LogP) is 3.31. The zero-order chi connectivity index (χ0) is 14.3. The molecule has 0 atom stereocenters. The van der Waals surface area contributed by atoms with Gasteiger partial charge in [0.2, 0.25) is 0 Å². The van der Waals surface area contributed by atoms with Crippen LogP contribution in [0.4, 0.5) is 0 Å². The van der Waals surface area contributed by atoms with Gasteiger partial charge in [-0.05, 0) is 32.9 Å². The van der Waals surface area contributed by atoms with E-state index in [1.807, 2.05) is 39.1 Å². The first-order valence-corrected chi connectivity index (χ1v) is 7.78. The van der Waals surface area contributed by atoms with E-state index in [4.69, 9.17) is 0 Å². The summed E-state index contributed by atoms with van der Waals surface area (Å²) in [5.41, 5.74) is 1.62. The fourth-order valence-corrected chi connectivity index (χ4v) is 3.60. The predicted molar refractivity (Wildman–Crippen MR) is 84.6 cm³/mol. The average Bonchev–Trinajstić information content (AvgIpc) is 2.92. The molecule has 6 heteroatoms. The molecule has 0 aromatic carbocycles. The van der Waals surface area contributed by atoms with Crippen molar-refractivity contribution in [1.29, 1.82) is 0 Å². The molecule has 0 aliphatic heterocycles. The van der Waals surface area contributed by atoms with Crippen molar-refractivity contribution in [3.63, 3.8) is 0 Å². The van der Waals surface area contributed by atoms with Crippen molar-refractivity contribution < 1.29 is 0 Å². The molecular formula is C14H13N3OS2. The highest BCUT2D eigenvalue weighted by Gasteiger charge is 2.08. The number of fused-ring (bicyclic) bond motifs is 1. The summed E-state index contributed by atoms with van der Waals surface area (Å²) in [6, 6.07) is 1.57. The van der Waals surface area contributed by atoms with Crippen molar-refractivity contribution in [3.8, 4) is 0 Å². The third-order valence-corrected chi connectivity index (χ3v) is 4.99. The van der Waals surface area contributed by atoms with E-state index in [9.17, 15) is 4.79 Å². The van der Waals surface area contributed by atoms with Gasteiger partial charge in [0.15, 0.2) is 4.96 Å². The van der Waals surface area contributed by atoms with Crippen LogP contribution in [-0.4, -0.2) is 14.4 Å². The van der Waals surface area contributed by atoms with Crippen LogP contribution in [0.15, 0.2) is 17.1 Å². The summed E-state index contributed by atoms with van der Waals surface area (Å²) in [5, 5.41) is 1.03. The molecule has 0 aliphatic carbocycles. The number of aromatic nitrogens is 3. The largest absolute Gasteiger partial charge is 0.269 e. The zero-order valence-electron chi connectivity index (χ0n) is 11.4. The Morgan fingerprint density at radius 2 is 2.00 bits per heavy atom. The molecule has 0 amide bonds. The Hall–Kier alpha value is -1.79. The molecule has 0 bridgehead atoms. The van der Waals surface area contributed by atoms with E-state index in [2.05, 4.69) is 9.97 Å². The molecule has 0 aliphatic rings. The van der Waals surface area contributed by atoms with Crippen LogP contribution in [-0.2, 0) is 0 Å². The summed E-state index contributed by atoms with van der Waals surface area (Å²) in [7, 11) is 0. The standard InChI is InChI=1S/C14H13N3OS2/c1-8-9(2)19-14-16-11(6-13(18)17(8)14)4-5-12-7-15-10(3)20-12/h4-7H,1-3H3. The topological polar surface area (TPSA) is 47.3 Å². The lowest BCUT2D eigenvalue weighted by molar-refractivity contribution is 1.01. The van der Waals surface area contributed by atoms with Gasteiger partial charge < -0.3 is 0 Å². The molecule has 0 spiro atoms. The van der Waals surface area contributed by atoms with E-state index in [1.54, 1.807) is 33.1 Å². The highest BCUT2D eigenvalue weighted by Crippen LogP contribution is 2.19. The molecule has 3 aromatic rings. The first-order valence-electron chi connectivity index (χ1n) is 6.15. The molecule has 20 heavy (non-hydrogen) atoms. The van der Waals surface area contributed by atoms with Crippen LogP contribution in [0.1, 0.15) is 26.1 Å². The van der Waals surface area contributed by atoms with Gasteiger partial charge in [-0.3, -0.25) is 9.20 Å². The lowest BCUT2D eigenvalue weighted by atomic mass is 10.3. The minimum absolute atomic E-state index is 0.0306. The molecule has 3 aromatic heterocycles. The highest BCUT2D eigenvalue weighted by molar-refractivity contribution is 7.17. The van der Waals surface area contributed by atoms with Gasteiger partial charge in [0.25, 0.3) is 5.56 Å². The fourth-order valence-electron chi connectivity index (χ4n) is 1.93. The Bertz CT molecular complexity index is 870. The van der Waals surface area contributed by atoms with Crippen molar-refractivity contribution in [2.75, 3.05) is 0 Å². The van der Waals surface area contributed by atoms with Crippen LogP contribution in [0, 0.1) is 20.8 Å². The summed E-state index contributed by atoms with van der Waals surface area (Å²) in [6.07, 6.45) is 5.62. The second-order valence-corrected chi connectivity index (χ2v) is 6.94. The molecule has 0 radical (unpaired) electrons. The number of nitrogens with zero attached hydrogens (tertiary/aromatic N) is 3. The smallest absolute Gasteiger partial charge is 0.259 e. The van der Waals surface area contributed by atoms with Crippen molar-refractivity contribution in [2.45, 2.75) is 20.8 Å². The van der Waals surface area contributed by atoms with Gasteiger partial charge in [-0.25, -0.2) is 9.97 Å². The lowest BCUT2D eigenvalue weighted by Crippen LogP contribution is -2.14. The molecule has 3 heterocycles. The van der Waals surface area contributed by atoms with Gasteiger partial charge in [0, 0.05) is 27.7 Å². The monoisotopic (exact) mass is 303 g/mol. The molecule has 3 rings (SSSR count). The summed E-state index contributed by atoms with van der Waals surface area (Å²) in [4.78, 5) is 23.8. The van der Waals surface area contributed by atoms with Crippen LogP contribution in [0.25, 0.3) is 17.1 Å². The van der Waals surface area contributed by atoms with E-state index in [1.165, 1.54) is 0 Å². The third-order valence-electron chi connectivity index (χ3n) is 3.05. The van der Waals surface area contributed by atoms with Crippen molar-refractivity contribution in [2.24, 2.45) is 0 Å². The number of hydrogen-bond donors (Lipinski definition) is 0. The summed E-state index contributed by atoms with van der Waals surface area (Å²) >= 11 is 3.16. The van der Waals surface area contributed by atoms with E-state index in [-0.39, 0.29) is 5.56 Å². The van der Waals surface area contributed by atoms with Crippen LogP contribution in [0.3, 0.4) is 0 Å². The van der Waals surface area contributed by atoms with Gasteiger partial charge in [0.1, 0.15) is 0 Å². The van der Waals surface area contributed by atoms with Crippen LogP contribution in [0.2, 0.25) is 0 Å². The first-order chi connectivity index (χ1) is 9.54. The number of rotatable bonds is 2. The van der Waals surface area contributed by atoms with Crippen molar-refractivity contribution >= 4 is 39.8 Å². The maximum absolute atomic E-state index is 12.1. The van der Waals surface area contributed by atoms with Crippen LogP contribution >= 0.6 is 22.7 Å². The van der Waals surface area contributed by atoms with Gasteiger partial charge in [-0.1, -0.05) is 0 Å². The maximum Gasteiger partial charge on any atom is 0.259 e. The lowest BCUT2D eigenvalue weighted by Gasteiger charge is -1.96. The van der Waals surface area contributed by atoms with Crippen LogP contribution < -0.4 is 5.56 Å². The molecule has 0 saturated heterocycles. The number of aryl methyl sites for hydroxylation is 3. The molecule has 4 nitrogen and oxygen atoms in total. The second-order valence-electron chi connectivity index (χ2n) is 4.50. The molecule has 0 unspecified atom stereocenters. The molecule has 0 N–H and O–H groups in total. The normalized spacial score (nSPS) is 11.8. The Morgan fingerprint density at radius 1 is 1.20 bits per heavy atom. The van der Waals surface area contributed by atoms with Gasteiger partial charge in [0.05, 0.1) is 10.7 Å². The van der Waals surface area contributed by atoms with Crippen molar-refractivity contribution in [1.82, 2.24) is 14.4 Å². The summed E-state index contributed by atoms with van der Waals surface area (Å²) < 4.78 is 1.66. The third kappa shape index (κ3) is 2.32. The van der Waals surface area contributed by atoms with Crippen LogP contribution in [0.5, 0.6) is 0 Å². The van der Waals surface area contributed by atoms with Crippen molar-refractivity contribution in [3.05, 3.63) is 48.8 Å². The van der Waals surface area contributed by atoms with E-state index in [0.29, 0.717) is 5.69 Å². The average molecular weight is 303 g/mol. The summed E-state index contributed by atoms with van der Waals surface area (Å²) in [5.74, 6) is 0. The van der Waals surface area contributed by atoms with Gasteiger partial charge >= 0.3 is 0 Å². The second kappa shape index (κ2) is 4.96. The van der Waals surface area contributed by atoms with E-state index < -0.39 is 0 Å². The Balaban J connectivity index is 2.05. The molecule has 0 fully saturated rings. The Kier molecular flexibility index (Phi) is 3.27. The molecular weight excluding hydrogens is 290 g/mol. The minimum Gasteiger partial charge on any atom is -0.269 e. The molecule has 102 valence electrons. The fraction of sp³-hybridized carbons (Fsp3) is 0.214. The zero-order valence-corrected chi connectivity index (χ0v) is 13.0. The van der Waals surface area contributed by atoms with Gasteiger partial charge in [-0.2, -0.15) is 0 Å². The first kappa shape index (κ1) is 13.2.